The van der Waals surface area contributed by atoms with Gasteiger partial charge in [0.2, 0.25) is 0 Å². The molecule has 14 heavy (non-hydrogen) atoms. The topological polar surface area (TPSA) is 12.0 Å². The highest BCUT2D eigenvalue weighted by atomic mass is 79.9. The zero-order valence-electron chi connectivity index (χ0n) is 8.48. The lowest BCUT2D eigenvalue weighted by Gasteiger charge is -2.13. The summed E-state index contributed by atoms with van der Waals surface area (Å²) >= 11 is 9.51. The molecular weight excluding hydrogens is 261 g/mol. The van der Waals surface area contributed by atoms with E-state index in [1.807, 2.05) is 12.1 Å². The Bertz CT molecular complexity index is 301. The molecule has 0 saturated carbocycles. The van der Waals surface area contributed by atoms with Crippen LogP contribution in [0.1, 0.15) is 19.4 Å². The standard InChI is InChI=1S/C11H15BrClN/c1-3-14-8(2)6-9-4-5-10(12)7-11(9)13/h4-5,7-8,14H,3,6H2,1-2H3. The normalized spacial score (nSPS) is 12.9. The van der Waals surface area contributed by atoms with E-state index in [4.69, 9.17) is 11.6 Å². The van der Waals surface area contributed by atoms with Crippen molar-refractivity contribution in [2.75, 3.05) is 6.54 Å². The van der Waals surface area contributed by atoms with Crippen LogP contribution in [0.5, 0.6) is 0 Å². The van der Waals surface area contributed by atoms with Gasteiger partial charge in [0.05, 0.1) is 0 Å². The fourth-order valence-corrected chi connectivity index (χ4v) is 2.19. The first-order valence-corrected chi connectivity index (χ1v) is 5.98. The van der Waals surface area contributed by atoms with Gasteiger partial charge in [0.15, 0.2) is 0 Å². The van der Waals surface area contributed by atoms with Crippen LogP contribution >= 0.6 is 27.5 Å². The number of hydrogen-bond acceptors (Lipinski definition) is 1. The van der Waals surface area contributed by atoms with E-state index in [0.717, 1.165) is 22.5 Å². The van der Waals surface area contributed by atoms with Gasteiger partial charge in [-0.25, -0.2) is 0 Å². The Kier molecular flexibility index (Phi) is 4.93. The largest absolute Gasteiger partial charge is 0.314 e. The van der Waals surface area contributed by atoms with Crippen LogP contribution in [0.2, 0.25) is 5.02 Å². The van der Waals surface area contributed by atoms with E-state index in [2.05, 4.69) is 41.2 Å². The molecule has 3 heteroatoms. The lowest BCUT2D eigenvalue weighted by atomic mass is 10.1. The number of hydrogen-bond donors (Lipinski definition) is 1. The predicted molar refractivity (Wildman–Crippen MR) is 66.0 cm³/mol. The van der Waals surface area contributed by atoms with Gasteiger partial charge in [0.25, 0.3) is 0 Å². The van der Waals surface area contributed by atoms with E-state index < -0.39 is 0 Å². The zero-order valence-corrected chi connectivity index (χ0v) is 10.8. The van der Waals surface area contributed by atoms with Gasteiger partial charge in [0.1, 0.15) is 0 Å². The highest BCUT2D eigenvalue weighted by molar-refractivity contribution is 9.10. The third kappa shape index (κ3) is 3.60. The average Bonchev–Trinajstić information content (AvgIpc) is 2.10. The number of benzene rings is 1. The van der Waals surface area contributed by atoms with Crippen LogP contribution in [-0.4, -0.2) is 12.6 Å². The van der Waals surface area contributed by atoms with Crippen LogP contribution in [0.3, 0.4) is 0 Å². The summed E-state index contributed by atoms with van der Waals surface area (Å²) in [6.07, 6.45) is 0.972. The molecule has 0 saturated heterocycles. The molecule has 0 aliphatic rings. The summed E-state index contributed by atoms with van der Waals surface area (Å²) in [5.74, 6) is 0. The van der Waals surface area contributed by atoms with Crippen LogP contribution in [-0.2, 0) is 6.42 Å². The Hall–Kier alpha value is -0.0500. The summed E-state index contributed by atoms with van der Waals surface area (Å²) in [5, 5.41) is 4.20. The molecule has 1 rings (SSSR count). The number of rotatable bonds is 4. The second-order valence-corrected chi connectivity index (χ2v) is 4.72. The van der Waals surface area contributed by atoms with Crippen molar-refractivity contribution in [3.8, 4) is 0 Å². The first-order valence-electron chi connectivity index (χ1n) is 4.80. The molecule has 1 nitrogen and oxygen atoms in total. The van der Waals surface area contributed by atoms with E-state index in [0.29, 0.717) is 6.04 Å². The maximum Gasteiger partial charge on any atom is 0.0449 e. The highest BCUT2D eigenvalue weighted by Crippen LogP contribution is 2.22. The van der Waals surface area contributed by atoms with Crippen molar-refractivity contribution in [2.45, 2.75) is 26.3 Å². The predicted octanol–water partition coefficient (Wildman–Crippen LogP) is 3.64. The third-order valence-electron chi connectivity index (χ3n) is 2.09. The van der Waals surface area contributed by atoms with Crippen molar-refractivity contribution in [3.63, 3.8) is 0 Å². The van der Waals surface area contributed by atoms with Crippen molar-refractivity contribution in [1.29, 1.82) is 0 Å². The van der Waals surface area contributed by atoms with Crippen LogP contribution in [0.25, 0.3) is 0 Å². The molecule has 0 aromatic heterocycles. The van der Waals surface area contributed by atoms with Gasteiger partial charge in [-0.1, -0.05) is 40.5 Å². The fraction of sp³-hybridized carbons (Fsp3) is 0.455. The summed E-state index contributed by atoms with van der Waals surface area (Å²) in [5.41, 5.74) is 1.20. The molecule has 1 unspecified atom stereocenters. The van der Waals surface area contributed by atoms with Gasteiger partial charge in [-0.3, -0.25) is 0 Å². The van der Waals surface area contributed by atoms with Crippen molar-refractivity contribution < 1.29 is 0 Å². The van der Waals surface area contributed by atoms with Crippen molar-refractivity contribution >= 4 is 27.5 Å². The molecule has 1 aromatic rings. The van der Waals surface area contributed by atoms with E-state index in [-0.39, 0.29) is 0 Å². The Labute approximate surface area is 99.0 Å². The molecule has 0 spiro atoms. The Morgan fingerprint density at radius 3 is 2.79 bits per heavy atom. The second kappa shape index (κ2) is 5.74. The van der Waals surface area contributed by atoms with Gasteiger partial charge in [-0.15, -0.1) is 0 Å². The molecule has 0 fully saturated rings. The van der Waals surface area contributed by atoms with Crippen LogP contribution in [0.4, 0.5) is 0 Å². The molecule has 0 amide bonds. The van der Waals surface area contributed by atoms with Gasteiger partial charge in [0, 0.05) is 15.5 Å². The molecule has 0 aliphatic carbocycles. The van der Waals surface area contributed by atoms with Crippen molar-refractivity contribution in [1.82, 2.24) is 5.32 Å². The van der Waals surface area contributed by atoms with Crippen LogP contribution in [0, 0.1) is 0 Å². The van der Waals surface area contributed by atoms with Crippen molar-refractivity contribution in [3.05, 3.63) is 33.3 Å². The Morgan fingerprint density at radius 2 is 2.21 bits per heavy atom. The second-order valence-electron chi connectivity index (χ2n) is 3.40. The number of halogens is 2. The molecular formula is C11H15BrClN. The monoisotopic (exact) mass is 275 g/mol. The minimum absolute atomic E-state index is 0.471. The van der Waals surface area contributed by atoms with Gasteiger partial charge in [-0.2, -0.15) is 0 Å². The molecule has 0 radical (unpaired) electrons. The minimum Gasteiger partial charge on any atom is -0.314 e. The lowest BCUT2D eigenvalue weighted by molar-refractivity contribution is 0.565. The number of likely N-dealkylation sites (N-methyl/N-ethyl adjacent to an activating group) is 1. The van der Waals surface area contributed by atoms with Crippen LogP contribution < -0.4 is 5.32 Å². The molecule has 0 heterocycles. The third-order valence-corrected chi connectivity index (χ3v) is 2.94. The molecule has 0 aliphatic heterocycles. The summed E-state index contributed by atoms with van der Waals surface area (Å²) in [6, 6.07) is 6.51. The summed E-state index contributed by atoms with van der Waals surface area (Å²) in [6.45, 7) is 5.27. The quantitative estimate of drug-likeness (QED) is 0.885. The van der Waals surface area contributed by atoms with Crippen LogP contribution in [0.15, 0.2) is 22.7 Å². The summed E-state index contributed by atoms with van der Waals surface area (Å²) in [7, 11) is 0. The fourth-order valence-electron chi connectivity index (χ4n) is 1.44. The first kappa shape index (κ1) is 12.0. The minimum atomic E-state index is 0.471. The maximum absolute atomic E-state index is 6.12. The molecule has 0 bridgehead atoms. The molecule has 1 atom stereocenters. The first-order chi connectivity index (χ1) is 6.63. The molecule has 1 N–H and O–H groups in total. The Morgan fingerprint density at radius 1 is 1.50 bits per heavy atom. The SMILES string of the molecule is CCNC(C)Cc1ccc(Br)cc1Cl. The zero-order chi connectivity index (χ0) is 10.6. The highest BCUT2D eigenvalue weighted by Gasteiger charge is 2.05. The van der Waals surface area contributed by atoms with E-state index >= 15 is 0 Å². The van der Waals surface area contributed by atoms with Gasteiger partial charge >= 0.3 is 0 Å². The summed E-state index contributed by atoms with van der Waals surface area (Å²) in [4.78, 5) is 0. The molecule has 1 aromatic carbocycles. The van der Waals surface area contributed by atoms with Gasteiger partial charge in [-0.05, 0) is 37.6 Å². The van der Waals surface area contributed by atoms with Gasteiger partial charge < -0.3 is 5.32 Å². The van der Waals surface area contributed by atoms with E-state index in [1.165, 1.54) is 5.56 Å². The van der Waals surface area contributed by atoms with E-state index in [1.54, 1.807) is 0 Å². The summed E-state index contributed by atoms with van der Waals surface area (Å²) < 4.78 is 1.03. The maximum atomic E-state index is 6.12. The smallest absolute Gasteiger partial charge is 0.0449 e. The molecule has 78 valence electrons. The number of nitrogens with one attached hydrogen (secondary N) is 1. The Balaban J connectivity index is 2.67. The van der Waals surface area contributed by atoms with E-state index in [9.17, 15) is 0 Å². The average molecular weight is 277 g/mol. The lowest BCUT2D eigenvalue weighted by Crippen LogP contribution is -2.27. The van der Waals surface area contributed by atoms with Crippen molar-refractivity contribution in [2.24, 2.45) is 0 Å².